The number of rotatable bonds is 7. The number of para-hydroxylation sites is 1. The van der Waals surface area contributed by atoms with Gasteiger partial charge in [-0.25, -0.2) is 0 Å². The zero-order chi connectivity index (χ0) is 39.1. The first-order chi connectivity index (χ1) is 29.2. The molecule has 0 radical (unpaired) electrons. The molecular formula is C58H39N. The Morgan fingerprint density at radius 3 is 1.56 bits per heavy atom. The lowest BCUT2D eigenvalue weighted by atomic mass is 9.90. The van der Waals surface area contributed by atoms with Crippen LogP contribution in [-0.2, 0) is 0 Å². The van der Waals surface area contributed by atoms with Crippen molar-refractivity contribution in [1.82, 2.24) is 0 Å². The fraction of sp³-hybridized carbons (Fsp3) is 0. The maximum Gasteiger partial charge on any atom is 0.0540 e. The summed E-state index contributed by atoms with van der Waals surface area (Å²) < 4.78 is 0. The molecule has 11 aromatic carbocycles. The smallest absolute Gasteiger partial charge is 0.0540 e. The highest BCUT2D eigenvalue weighted by molar-refractivity contribution is 6.20. The first kappa shape index (κ1) is 34.5. The molecule has 0 unspecified atom stereocenters. The number of hydrogen-bond acceptors (Lipinski definition) is 1. The average molecular weight is 750 g/mol. The predicted octanol–water partition coefficient (Wildman–Crippen LogP) is 16.4. The molecule has 0 amide bonds. The Bertz CT molecular complexity index is 3310. The molecule has 59 heavy (non-hydrogen) atoms. The lowest BCUT2D eigenvalue weighted by molar-refractivity contribution is 1.28. The minimum atomic E-state index is 1.09. The number of fused-ring (bicyclic) bond motifs is 6. The minimum absolute atomic E-state index is 1.09. The second-order valence-electron chi connectivity index (χ2n) is 15.3. The van der Waals surface area contributed by atoms with Crippen LogP contribution in [0.5, 0.6) is 0 Å². The predicted molar refractivity (Wildman–Crippen MR) is 253 cm³/mol. The van der Waals surface area contributed by atoms with Crippen LogP contribution in [0.4, 0.5) is 17.1 Å². The molecule has 0 aromatic heterocycles. The molecule has 11 rings (SSSR count). The zero-order valence-corrected chi connectivity index (χ0v) is 32.5. The van der Waals surface area contributed by atoms with E-state index in [0.717, 1.165) is 17.1 Å². The molecule has 0 atom stereocenters. The summed E-state index contributed by atoms with van der Waals surface area (Å²) in [5, 5.41) is 10.1. The van der Waals surface area contributed by atoms with E-state index in [-0.39, 0.29) is 0 Å². The van der Waals surface area contributed by atoms with Crippen LogP contribution in [0.1, 0.15) is 0 Å². The van der Waals surface area contributed by atoms with Gasteiger partial charge >= 0.3 is 0 Å². The molecule has 276 valence electrons. The van der Waals surface area contributed by atoms with Crippen molar-refractivity contribution in [2.45, 2.75) is 0 Å². The third-order valence-electron chi connectivity index (χ3n) is 11.8. The maximum absolute atomic E-state index is 2.42. The topological polar surface area (TPSA) is 3.24 Å². The summed E-state index contributed by atoms with van der Waals surface area (Å²) in [6, 6.07) is 86.4. The summed E-state index contributed by atoms with van der Waals surface area (Å²) in [7, 11) is 0. The van der Waals surface area contributed by atoms with Crippen molar-refractivity contribution >= 4 is 60.2 Å². The van der Waals surface area contributed by atoms with Gasteiger partial charge in [0.1, 0.15) is 0 Å². The number of nitrogens with zero attached hydrogens (tertiary/aromatic N) is 1. The molecule has 0 aliphatic heterocycles. The summed E-state index contributed by atoms with van der Waals surface area (Å²) in [5.74, 6) is 0. The molecule has 1 heteroatoms. The van der Waals surface area contributed by atoms with E-state index in [0.29, 0.717) is 0 Å². The SMILES string of the molecule is c1ccc(-c2cc(N(c3ccc(-c4ccc5ccccc5c4)cc3)c3ccccc3-c3ccccc3)ccc2-c2ccc3ccc4ccc5ccccc5c4c3c2)cc1. The summed E-state index contributed by atoms with van der Waals surface area (Å²) in [6.45, 7) is 0. The summed E-state index contributed by atoms with van der Waals surface area (Å²) >= 11 is 0. The molecule has 0 aliphatic carbocycles. The van der Waals surface area contributed by atoms with Crippen LogP contribution in [0.2, 0.25) is 0 Å². The first-order valence-corrected chi connectivity index (χ1v) is 20.3. The minimum Gasteiger partial charge on any atom is -0.310 e. The van der Waals surface area contributed by atoms with Crippen molar-refractivity contribution in [2.24, 2.45) is 0 Å². The van der Waals surface area contributed by atoms with E-state index in [4.69, 9.17) is 0 Å². The summed E-state index contributed by atoms with van der Waals surface area (Å²) in [4.78, 5) is 2.42. The third-order valence-corrected chi connectivity index (χ3v) is 11.8. The molecule has 0 heterocycles. The van der Waals surface area contributed by atoms with Crippen molar-refractivity contribution in [2.75, 3.05) is 4.90 Å². The van der Waals surface area contributed by atoms with Gasteiger partial charge in [0.2, 0.25) is 0 Å². The van der Waals surface area contributed by atoms with Gasteiger partial charge in [-0.15, -0.1) is 0 Å². The largest absolute Gasteiger partial charge is 0.310 e. The molecule has 0 N–H and O–H groups in total. The lowest BCUT2D eigenvalue weighted by Crippen LogP contribution is -2.11. The van der Waals surface area contributed by atoms with Crippen molar-refractivity contribution in [3.8, 4) is 44.5 Å². The Morgan fingerprint density at radius 1 is 0.237 bits per heavy atom. The van der Waals surface area contributed by atoms with Crippen LogP contribution in [0.3, 0.4) is 0 Å². The molecule has 0 saturated carbocycles. The quantitative estimate of drug-likeness (QED) is 0.147. The van der Waals surface area contributed by atoms with Gasteiger partial charge in [-0.1, -0.05) is 194 Å². The van der Waals surface area contributed by atoms with Crippen molar-refractivity contribution in [1.29, 1.82) is 0 Å². The van der Waals surface area contributed by atoms with Crippen LogP contribution < -0.4 is 4.90 Å². The molecule has 0 bridgehead atoms. The van der Waals surface area contributed by atoms with Gasteiger partial charge in [0, 0.05) is 16.9 Å². The molecule has 1 nitrogen and oxygen atoms in total. The Morgan fingerprint density at radius 2 is 0.780 bits per heavy atom. The van der Waals surface area contributed by atoms with E-state index in [2.05, 4.69) is 241 Å². The van der Waals surface area contributed by atoms with Crippen molar-refractivity contribution < 1.29 is 0 Å². The normalized spacial score (nSPS) is 11.4. The van der Waals surface area contributed by atoms with Gasteiger partial charge < -0.3 is 4.90 Å². The Hall–Kier alpha value is -7.74. The molecule has 11 aromatic rings. The Kier molecular flexibility index (Phi) is 8.56. The van der Waals surface area contributed by atoms with Gasteiger partial charge in [0.05, 0.1) is 5.69 Å². The van der Waals surface area contributed by atoms with Gasteiger partial charge in [-0.2, -0.15) is 0 Å². The van der Waals surface area contributed by atoms with Crippen LogP contribution in [0.25, 0.3) is 87.6 Å². The highest BCUT2D eigenvalue weighted by atomic mass is 15.1. The average Bonchev–Trinajstić information content (AvgIpc) is 3.32. The van der Waals surface area contributed by atoms with E-state index in [1.807, 2.05) is 0 Å². The summed E-state index contributed by atoms with van der Waals surface area (Å²) in [5.41, 5.74) is 12.8. The summed E-state index contributed by atoms with van der Waals surface area (Å²) in [6.07, 6.45) is 0. The van der Waals surface area contributed by atoms with Gasteiger partial charge in [-0.05, 0) is 124 Å². The third kappa shape index (κ3) is 6.30. The van der Waals surface area contributed by atoms with Gasteiger partial charge in [0.25, 0.3) is 0 Å². The fourth-order valence-corrected chi connectivity index (χ4v) is 8.90. The standard InChI is InChI=1S/C58H39N/c1-3-14-42(15-4-1)53-20-11-12-22-57(53)59(50-33-31-41(32-34-50)48-29-23-40-13-7-8-19-47(40)37-48)51-35-36-52(55(39-51)43-16-5-2-6-17-43)49-30-26-45-25-28-46-27-24-44-18-9-10-21-54(44)58(46)56(45)38-49/h1-39H. The van der Waals surface area contributed by atoms with E-state index >= 15 is 0 Å². The molecule has 0 fully saturated rings. The van der Waals surface area contributed by atoms with Crippen LogP contribution in [0.15, 0.2) is 237 Å². The Balaban J connectivity index is 1.10. The maximum atomic E-state index is 2.42. The van der Waals surface area contributed by atoms with E-state index in [9.17, 15) is 0 Å². The lowest BCUT2D eigenvalue weighted by Gasteiger charge is -2.29. The molecule has 0 aliphatic rings. The van der Waals surface area contributed by atoms with Gasteiger partial charge in [-0.3, -0.25) is 0 Å². The van der Waals surface area contributed by atoms with Crippen molar-refractivity contribution in [3.63, 3.8) is 0 Å². The molecule has 0 spiro atoms. The second-order valence-corrected chi connectivity index (χ2v) is 15.3. The highest BCUT2D eigenvalue weighted by Gasteiger charge is 2.20. The number of benzene rings is 11. The van der Waals surface area contributed by atoms with Gasteiger partial charge in [0.15, 0.2) is 0 Å². The van der Waals surface area contributed by atoms with E-state index < -0.39 is 0 Å². The van der Waals surface area contributed by atoms with Crippen LogP contribution >= 0.6 is 0 Å². The zero-order valence-electron chi connectivity index (χ0n) is 32.5. The first-order valence-electron chi connectivity index (χ1n) is 20.3. The monoisotopic (exact) mass is 749 g/mol. The van der Waals surface area contributed by atoms with Crippen LogP contribution in [-0.4, -0.2) is 0 Å². The second kappa shape index (κ2) is 14.6. The fourth-order valence-electron chi connectivity index (χ4n) is 8.90. The molecule has 0 saturated heterocycles. The molecular weight excluding hydrogens is 711 g/mol. The van der Waals surface area contributed by atoms with E-state index in [1.165, 1.54) is 87.6 Å². The number of anilines is 3. The Labute approximate surface area is 344 Å². The van der Waals surface area contributed by atoms with E-state index in [1.54, 1.807) is 0 Å². The highest BCUT2D eigenvalue weighted by Crippen LogP contribution is 2.45. The van der Waals surface area contributed by atoms with Crippen molar-refractivity contribution in [3.05, 3.63) is 237 Å². The number of hydrogen-bond donors (Lipinski definition) is 0. The van der Waals surface area contributed by atoms with Crippen LogP contribution in [0, 0.1) is 0 Å².